The Balaban J connectivity index is 2.76. The molecule has 0 saturated carbocycles. The van der Waals surface area contributed by atoms with Crippen LogP contribution < -0.4 is 5.73 Å². The van der Waals surface area contributed by atoms with Crippen molar-refractivity contribution in [3.8, 4) is 0 Å². The van der Waals surface area contributed by atoms with Gasteiger partial charge in [0.1, 0.15) is 5.82 Å². The number of nitrogens with two attached hydrogens (primary N) is 1. The predicted molar refractivity (Wildman–Crippen MR) is 67.8 cm³/mol. The molecule has 0 fully saturated rings. The van der Waals surface area contributed by atoms with Crippen LogP contribution in [-0.2, 0) is 4.79 Å². The van der Waals surface area contributed by atoms with E-state index >= 15 is 0 Å². The lowest BCUT2D eigenvalue weighted by Crippen LogP contribution is -2.28. The molecule has 0 aliphatic heterocycles. The minimum absolute atomic E-state index is 0.0575. The highest BCUT2D eigenvalue weighted by atomic mass is 19.1. The minimum atomic E-state index is -0.447. The van der Waals surface area contributed by atoms with E-state index in [9.17, 15) is 9.18 Å². The molecular weight excluding hydrogens is 219 g/mol. The fourth-order valence-electron chi connectivity index (χ4n) is 1.47. The third kappa shape index (κ3) is 3.59. The second kappa shape index (κ2) is 6.03. The van der Waals surface area contributed by atoms with Crippen molar-refractivity contribution in [1.29, 1.82) is 0 Å². The van der Waals surface area contributed by atoms with Gasteiger partial charge < -0.3 is 10.6 Å². The van der Waals surface area contributed by atoms with Crippen molar-refractivity contribution in [2.45, 2.75) is 13.8 Å². The normalized spacial score (nSPS) is 10.8. The van der Waals surface area contributed by atoms with Crippen molar-refractivity contribution in [1.82, 2.24) is 4.90 Å². The Kier molecular flexibility index (Phi) is 4.69. The average Bonchev–Trinajstić information content (AvgIpc) is 2.32. The number of anilines is 1. The van der Waals surface area contributed by atoms with Crippen molar-refractivity contribution in [3.05, 3.63) is 35.7 Å². The first-order chi connectivity index (χ1) is 8.08. The van der Waals surface area contributed by atoms with Crippen molar-refractivity contribution in [2.75, 3.05) is 18.8 Å². The van der Waals surface area contributed by atoms with Crippen LogP contribution in [0, 0.1) is 5.82 Å². The number of halogens is 1. The Hall–Kier alpha value is -1.84. The predicted octanol–water partition coefficient (Wildman–Crippen LogP) is 2.29. The Labute approximate surface area is 101 Å². The Morgan fingerprint density at radius 2 is 2.06 bits per heavy atom. The first kappa shape index (κ1) is 13.2. The molecule has 0 spiro atoms. The second-order valence-corrected chi connectivity index (χ2v) is 3.62. The molecular formula is C13H17FN2O. The first-order valence-electron chi connectivity index (χ1n) is 5.60. The monoisotopic (exact) mass is 236 g/mol. The Morgan fingerprint density at radius 3 is 2.59 bits per heavy atom. The first-order valence-corrected chi connectivity index (χ1v) is 5.60. The van der Waals surface area contributed by atoms with Crippen molar-refractivity contribution < 1.29 is 9.18 Å². The van der Waals surface area contributed by atoms with E-state index in [4.69, 9.17) is 5.73 Å². The van der Waals surface area contributed by atoms with Gasteiger partial charge in [0.15, 0.2) is 0 Å². The molecule has 0 bridgehead atoms. The van der Waals surface area contributed by atoms with E-state index in [2.05, 4.69) is 0 Å². The highest BCUT2D eigenvalue weighted by molar-refractivity contribution is 5.91. The molecule has 0 radical (unpaired) electrons. The van der Waals surface area contributed by atoms with E-state index in [0.29, 0.717) is 18.7 Å². The summed E-state index contributed by atoms with van der Waals surface area (Å²) in [4.78, 5) is 13.4. The lowest BCUT2D eigenvalue weighted by atomic mass is 10.2. The number of nitrogens with zero attached hydrogens (tertiary/aromatic N) is 1. The molecule has 1 aromatic rings. The van der Waals surface area contributed by atoms with Gasteiger partial charge in [0.25, 0.3) is 0 Å². The number of benzene rings is 1. The summed E-state index contributed by atoms with van der Waals surface area (Å²) in [6, 6.07) is 4.37. The number of amides is 1. The summed E-state index contributed by atoms with van der Waals surface area (Å²) in [5, 5.41) is 0. The molecule has 0 unspecified atom stereocenters. The van der Waals surface area contributed by atoms with E-state index in [1.54, 1.807) is 17.0 Å². The van der Waals surface area contributed by atoms with Gasteiger partial charge >= 0.3 is 0 Å². The van der Waals surface area contributed by atoms with Crippen LogP contribution in [0.25, 0.3) is 6.08 Å². The summed E-state index contributed by atoms with van der Waals surface area (Å²) in [5.74, 6) is -0.505. The molecule has 0 saturated heterocycles. The third-order valence-corrected chi connectivity index (χ3v) is 2.51. The summed E-state index contributed by atoms with van der Waals surface area (Å²) in [7, 11) is 0. The lowest BCUT2D eigenvalue weighted by Gasteiger charge is -2.15. The van der Waals surface area contributed by atoms with Gasteiger partial charge in [-0.3, -0.25) is 4.79 Å². The molecule has 4 heteroatoms. The number of nitrogen functional groups attached to an aromatic ring is 1. The summed E-state index contributed by atoms with van der Waals surface area (Å²) < 4.78 is 12.9. The van der Waals surface area contributed by atoms with Crippen LogP contribution in [0.4, 0.5) is 10.1 Å². The maximum atomic E-state index is 12.9. The number of rotatable bonds is 4. The maximum absolute atomic E-state index is 12.9. The molecule has 0 aliphatic rings. The van der Waals surface area contributed by atoms with Crippen molar-refractivity contribution in [3.63, 3.8) is 0 Å². The van der Waals surface area contributed by atoms with Crippen LogP contribution in [0.3, 0.4) is 0 Å². The van der Waals surface area contributed by atoms with Crippen LogP contribution in [0.15, 0.2) is 24.3 Å². The van der Waals surface area contributed by atoms with Crippen molar-refractivity contribution in [2.24, 2.45) is 0 Å². The number of hydrogen-bond acceptors (Lipinski definition) is 2. The third-order valence-electron chi connectivity index (χ3n) is 2.51. The molecule has 0 heterocycles. The molecule has 1 aromatic carbocycles. The standard InChI is InChI=1S/C13H17FN2O/c1-3-16(4-2)13(17)8-6-10-5-7-11(14)12(15)9-10/h5-9H,3-4,15H2,1-2H3/b8-6+. The maximum Gasteiger partial charge on any atom is 0.246 e. The highest BCUT2D eigenvalue weighted by Gasteiger charge is 2.04. The highest BCUT2D eigenvalue weighted by Crippen LogP contribution is 2.13. The number of hydrogen-bond donors (Lipinski definition) is 1. The quantitative estimate of drug-likeness (QED) is 0.644. The fraction of sp³-hybridized carbons (Fsp3) is 0.308. The van der Waals surface area contributed by atoms with Crippen molar-refractivity contribution >= 4 is 17.7 Å². The van der Waals surface area contributed by atoms with Crippen LogP contribution in [-0.4, -0.2) is 23.9 Å². The summed E-state index contributed by atoms with van der Waals surface area (Å²) >= 11 is 0. The SMILES string of the molecule is CCN(CC)C(=O)/C=C/c1ccc(F)c(N)c1. The molecule has 2 N–H and O–H groups in total. The Bertz CT molecular complexity index is 425. The van der Waals surface area contributed by atoms with Crippen LogP contribution in [0.5, 0.6) is 0 Å². The Morgan fingerprint density at radius 1 is 1.41 bits per heavy atom. The van der Waals surface area contributed by atoms with Crippen LogP contribution >= 0.6 is 0 Å². The van der Waals surface area contributed by atoms with Crippen LogP contribution in [0.2, 0.25) is 0 Å². The zero-order valence-corrected chi connectivity index (χ0v) is 10.1. The smallest absolute Gasteiger partial charge is 0.246 e. The van der Waals surface area contributed by atoms with Gasteiger partial charge in [-0.1, -0.05) is 6.07 Å². The minimum Gasteiger partial charge on any atom is -0.396 e. The zero-order valence-electron chi connectivity index (χ0n) is 10.1. The molecule has 1 rings (SSSR count). The number of carbonyl (C=O) groups excluding carboxylic acids is 1. The van der Waals surface area contributed by atoms with E-state index in [1.165, 1.54) is 18.2 Å². The second-order valence-electron chi connectivity index (χ2n) is 3.62. The molecule has 3 nitrogen and oxygen atoms in total. The molecule has 1 amide bonds. The molecule has 0 atom stereocenters. The molecule has 92 valence electrons. The molecule has 0 aromatic heterocycles. The van der Waals surface area contributed by atoms with E-state index in [-0.39, 0.29) is 11.6 Å². The van der Waals surface area contributed by atoms with E-state index < -0.39 is 5.82 Å². The fourth-order valence-corrected chi connectivity index (χ4v) is 1.47. The van der Waals surface area contributed by atoms with Gasteiger partial charge in [0, 0.05) is 19.2 Å². The summed E-state index contributed by atoms with van der Waals surface area (Å²) in [6.07, 6.45) is 3.11. The zero-order chi connectivity index (χ0) is 12.8. The van der Waals surface area contributed by atoms with Gasteiger partial charge in [0.2, 0.25) is 5.91 Å². The molecule has 17 heavy (non-hydrogen) atoms. The van der Waals surface area contributed by atoms with Crippen LogP contribution in [0.1, 0.15) is 19.4 Å². The van der Waals surface area contributed by atoms with Gasteiger partial charge in [-0.05, 0) is 37.6 Å². The van der Waals surface area contributed by atoms with Gasteiger partial charge in [-0.15, -0.1) is 0 Å². The average molecular weight is 236 g/mol. The van der Waals surface area contributed by atoms with Gasteiger partial charge in [0.05, 0.1) is 5.69 Å². The summed E-state index contributed by atoms with van der Waals surface area (Å²) in [6.45, 7) is 5.19. The van der Waals surface area contributed by atoms with E-state index in [0.717, 1.165) is 0 Å². The number of carbonyl (C=O) groups is 1. The van der Waals surface area contributed by atoms with Gasteiger partial charge in [-0.25, -0.2) is 4.39 Å². The van der Waals surface area contributed by atoms with Gasteiger partial charge in [-0.2, -0.15) is 0 Å². The molecule has 0 aliphatic carbocycles. The number of likely N-dealkylation sites (N-methyl/N-ethyl adjacent to an activating group) is 1. The van der Waals surface area contributed by atoms with E-state index in [1.807, 2.05) is 13.8 Å². The summed E-state index contributed by atoms with van der Waals surface area (Å²) in [5.41, 5.74) is 6.23. The topological polar surface area (TPSA) is 46.3 Å². The lowest BCUT2D eigenvalue weighted by molar-refractivity contribution is -0.125. The largest absolute Gasteiger partial charge is 0.396 e.